The average molecular weight is 325 g/mol. The lowest BCUT2D eigenvalue weighted by molar-refractivity contribution is 0.165. The van der Waals surface area contributed by atoms with E-state index < -0.39 is 0 Å². The first-order chi connectivity index (χ1) is 11.0. The number of hydrogen-bond acceptors (Lipinski definition) is 4. The molecule has 1 saturated carbocycles. The van der Waals surface area contributed by atoms with Gasteiger partial charge in [0.25, 0.3) is 0 Å². The van der Waals surface area contributed by atoms with E-state index in [0.717, 1.165) is 16.4 Å². The first kappa shape index (κ1) is 14.8. The van der Waals surface area contributed by atoms with E-state index in [9.17, 15) is 0 Å². The Kier molecular flexibility index (Phi) is 3.27. The lowest BCUT2D eigenvalue weighted by Gasteiger charge is -2.37. The Morgan fingerprint density at radius 3 is 2.57 bits per heavy atom. The van der Waals surface area contributed by atoms with Gasteiger partial charge in [-0.3, -0.25) is 5.43 Å². The van der Waals surface area contributed by atoms with Gasteiger partial charge in [0.2, 0.25) is 5.13 Å². The van der Waals surface area contributed by atoms with E-state index in [2.05, 4.69) is 60.2 Å². The fourth-order valence-corrected chi connectivity index (χ4v) is 4.74. The Morgan fingerprint density at radius 1 is 1.13 bits per heavy atom. The number of fused-ring (bicyclic) bond motifs is 2. The third-order valence-corrected chi connectivity index (χ3v) is 6.90. The summed E-state index contributed by atoms with van der Waals surface area (Å²) in [6.07, 6.45) is 4.99. The van der Waals surface area contributed by atoms with Crippen molar-refractivity contribution >= 4 is 16.5 Å². The topological polar surface area (TPSA) is 37.0 Å². The molecule has 1 aromatic heterocycles. The molecule has 2 bridgehead atoms. The highest BCUT2D eigenvalue weighted by atomic mass is 32.1. The van der Waals surface area contributed by atoms with E-state index in [1.54, 1.807) is 11.3 Å². The molecule has 2 aliphatic carbocycles. The number of nitrogens with zero attached hydrogens (tertiary/aromatic N) is 1. The number of hydrogen-bond donors (Lipinski definition) is 2. The maximum absolute atomic E-state index is 4.68. The van der Waals surface area contributed by atoms with E-state index in [4.69, 9.17) is 0 Å². The normalized spacial score (nSPS) is 27.8. The minimum Gasteiger partial charge on any atom is -0.303 e. The van der Waals surface area contributed by atoms with Crippen molar-refractivity contribution in [3.05, 3.63) is 47.5 Å². The number of thiazole rings is 1. The van der Waals surface area contributed by atoms with Crippen molar-refractivity contribution in [1.29, 1.82) is 0 Å². The summed E-state index contributed by atoms with van der Waals surface area (Å²) < 4.78 is 0. The Morgan fingerprint density at radius 2 is 1.91 bits per heavy atom. The van der Waals surface area contributed by atoms with Crippen LogP contribution in [0.1, 0.15) is 33.6 Å². The Balaban J connectivity index is 1.47. The molecule has 0 aliphatic heterocycles. The lowest BCUT2D eigenvalue weighted by Crippen LogP contribution is -2.37. The van der Waals surface area contributed by atoms with E-state index in [-0.39, 0.29) is 5.41 Å². The predicted octanol–water partition coefficient (Wildman–Crippen LogP) is 5.07. The van der Waals surface area contributed by atoms with Crippen LogP contribution in [0.25, 0.3) is 11.3 Å². The number of hydrazine groups is 1. The second-order valence-corrected chi connectivity index (χ2v) is 8.29. The molecule has 1 aromatic carbocycles. The monoisotopic (exact) mass is 325 g/mol. The van der Waals surface area contributed by atoms with E-state index in [0.29, 0.717) is 11.3 Å². The second-order valence-electron chi connectivity index (χ2n) is 7.43. The summed E-state index contributed by atoms with van der Waals surface area (Å²) in [7, 11) is 0. The maximum atomic E-state index is 4.68. The fraction of sp³-hybridized carbons (Fsp3) is 0.421. The van der Waals surface area contributed by atoms with Crippen LogP contribution >= 0.6 is 11.3 Å². The zero-order valence-corrected chi connectivity index (χ0v) is 14.7. The van der Waals surface area contributed by atoms with Gasteiger partial charge in [-0.25, -0.2) is 4.98 Å². The number of anilines is 1. The molecule has 120 valence electrons. The Labute approximate surface area is 141 Å². The third kappa shape index (κ3) is 2.19. The Bertz CT molecular complexity index is 747. The number of nitrogens with one attached hydrogen (secondary N) is 2. The second kappa shape index (κ2) is 5.10. The third-order valence-electron chi connectivity index (χ3n) is 6.14. The van der Waals surface area contributed by atoms with Crippen LogP contribution in [0.2, 0.25) is 0 Å². The highest BCUT2D eigenvalue weighted by Crippen LogP contribution is 2.64. The van der Waals surface area contributed by atoms with E-state index in [1.165, 1.54) is 18.5 Å². The summed E-state index contributed by atoms with van der Waals surface area (Å²) in [5, 5.41) is 3.01. The Hall–Kier alpha value is -1.81. The highest BCUT2D eigenvalue weighted by molar-refractivity contribution is 7.14. The minimum absolute atomic E-state index is 0.240. The van der Waals surface area contributed by atoms with Crippen LogP contribution < -0.4 is 10.9 Å². The molecule has 0 amide bonds. The van der Waals surface area contributed by atoms with Crippen molar-refractivity contribution in [2.45, 2.75) is 33.6 Å². The largest absolute Gasteiger partial charge is 0.303 e. The lowest BCUT2D eigenvalue weighted by atomic mass is 9.69. The molecule has 1 fully saturated rings. The summed E-state index contributed by atoms with van der Waals surface area (Å²) in [6, 6.07) is 10.3. The molecular weight excluding hydrogens is 302 g/mol. The quantitative estimate of drug-likeness (QED) is 0.771. The highest BCUT2D eigenvalue weighted by Gasteiger charge is 2.57. The molecule has 4 rings (SSSR count). The number of benzene rings is 1. The van der Waals surface area contributed by atoms with Crippen LogP contribution in [0.15, 0.2) is 47.5 Å². The summed E-state index contributed by atoms with van der Waals surface area (Å²) in [5.41, 5.74) is 10.9. The summed E-state index contributed by atoms with van der Waals surface area (Å²) in [6.45, 7) is 7.18. The molecular formula is C19H23N3S. The summed E-state index contributed by atoms with van der Waals surface area (Å²) >= 11 is 1.63. The van der Waals surface area contributed by atoms with Crippen LogP contribution in [0.3, 0.4) is 0 Å². The van der Waals surface area contributed by atoms with Gasteiger partial charge >= 0.3 is 0 Å². The molecule has 23 heavy (non-hydrogen) atoms. The van der Waals surface area contributed by atoms with Gasteiger partial charge < -0.3 is 5.43 Å². The van der Waals surface area contributed by atoms with Crippen molar-refractivity contribution in [2.75, 3.05) is 5.43 Å². The van der Waals surface area contributed by atoms with Crippen LogP contribution in [-0.4, -0.2) is 4.98 Å². The van der Waals surface area contributed by atoms with Crippen molar-refractivity contribution in [1.82, 2.24) is 10.4 Å². The first-order valence-electron chi connectivity index (χ1n) is 8.26. The van der Waals surface area contributed by atoms with Gasteiger partial charge in [-0.2, -0.15) is 0 Å². The van der Waals surface area contributed by atoms with Crippen molar-refractivity contribution < 1.29 is 0 Å². The van der Waals surface area contributed by atoms with Gasteiger partial charge in [-0.05, 0) is 24.2 Å². The first-order valence-corrected chi connectivity index (χ1v) is 9.14. The number of aromatic nitrogens is 1. The smallest absolute Gasteiger partial charge is 0.202 e. The van der Waals surface area contributed by atoms with Crippen LogP contribution in [0, 0.1) is 16.7 Å². The zero-order valence-electron chi connectivity index (χ0n) is 13.9. The molecule has 0 saturated heterocycles. The van der Waals surface area contributed by atoms with Crippen molar-refractivity contribution in [3.8, 4) is 11.3 Å². The molecule has 2 atom stereocenters. The van der Waals surface area contributed by atoms with Crippen LogP contribution in [-0.2, 0) is 0 Å². The summed E-state index contributed by atoms with van der Waals surface area (Å²) in [4.78, 5) is 4.68. The standard InChI is InChI=1S/C19H23N3S/c1-18(2)14-9-10-19(18,3)16(11-14)21-22-17-20-15(12-23-17)13-7-5-4-6-8-13/h4-8,11-12,14,21H,9-10H2,1-3H3,(H,20,22). The van der Waals surface area contributed by atoms with Crippen LogP contribution in [0.4, 0.5) is 5.13 Å². The molecule has 3 nitrogen and oxygen atoms in total. The molecule has 1 heterocycles. The average Bonchev–Trinajstić information content (AvgIpc) is 3.16. The van der Waals surface area contributed by atoms with Gasteiger partial charge in [-0.15, -0.1) is 11.3 Å². The molecule has 0 spiro atoms. The van der Waals surface area contributed by atoms with Gasteiger partial charge in [-0.1, -0.05) is 57.2 Å². The predicted molar refractivity (Wildman–Crippen MR) is 97.0 cm³/mol. The van der Waals surface area contributed by atoms with Gasteiger partial charge in [0.1, 0.15) is 0 Å². The van der Waals surface area contributed by atoms with E-state index in [1.807, 2.05) is 18.2 Å². The molecule has 2 aliphatic rings. The molecule has 0 radical (unpaired) electrons. The van der Waals surface area contributed by atoms with Crippen LogP contribution in [0.5, 0.6) is 0 Å². The molecule has 2 unspecified atom stereocenters. The van der Waals surface area contributed by atoms with E-state index >= 15 is 0 Å². The van der Waals surface area contributed by atoms with Gasteiger partial charge in [0.15, 0.2) is 0 Å². The molecule has 4 heteroatoms. The number of allylic oxidation sites excluding steroid dienone is 2. The summed E-state index contributed by atoms with van der Waals surface area (Å²) in [5.74, 6) is 0.688. The fourth-order valence-electron chi connectivity index (χ4n) is 4.07. The maximum Gasteiger partial charge on any atom is 0.202 e. The minimum atomic E-state index is 0.240. The number of rotatable bonds is 4. The van der Waals surface area contributed by atoms with Crippen molar-refractivity contribution in [3.63, 3.8) is 0 Å². The van der Waals surface area contributed by atoms with Gasteiger partial charge in [0.05, 0.1) is 5.69 Å². The zero-order chi connectivity index (χ0) is 16.1. The van der Waals surface area contributed by atoms with Gasteiger partial charge in [0, 0.05) is 22.1 Å². The molecule has 2 aromatic rings. The molecule has 2 N–H and O–H groups in total. The SMILES string of the molecule is CC12CCC(C=C1NNc1nc(-c3ccccc3)cs1)C2(C)C. The van der Waals surface area contributed by atoms with Crippen molar-refractivity contribution in [2.24, 2.45) is 16.7 Å².